The number of nitrogens with zero attached hydrogens (tertiary/aromatic N) is 2. The van der Waals surface area contributed by atoms with Gasteiger partial charge in [0.05, 0.1) is 14.2 Å². The molecule has 0 aliphatic heterocycles. The van der Waals surface area contributed by atoms with Crippen molar-refractivity contribution in [1.82, 2.24) is 4.90 Å². The molecule has 0 heterocycles. The molecule has 102 valence electrons. The van der Waals surface area contributed by atoms with Crippen LogP contribution in [0.1, 0.15) is 5.56 Å². The number of hydrogen-bond donors (Lipinski definition) is 0. The third-order valence-electron chi connectivity index (χ3n) is 2.24. The van der Waals surface area contributed by atoms with Gasteiger partial charge in [-0.05, 0) is 29.8 Å². The van der Waals surface area contributed by atoms with E-state index in [1.54, 1.807) is 24.4 Å². The molecule has 0 saturated carbocycles. The Morgan fingerprint density at radius 2 is 1.84 bits per heavy atom. The first kappa shape index (κ1) is 14.8. The van der Waals surface area contributed by atoms with Crippen LogP contribution in [0.3, 0.4) is 0 Å². The molecule has 5 heteroatoms. The van der Waals surface area contributed by atoms with Crippen molar-refractivity contribution >= 4 is 12.2 Å². The predicted octanol–water partition coefficient (Wildman–Crippen LogP) is 1.69. The van der Waals surface area contributed by atoms with Gasteiger partial charge < -0.3 is 14.4 Å². The Labute approximate surface area is 113 Å². The lowest BCUT2D eigenvalue weighted by molar-refractivity contribution is -0.136. The number of carbonyl (C=O) groups is 1. The van der Waals surface area contributed by atoms with E-state index < -0.39 is 5.97 Å². The third kappa shape index (κ3) is 4.83. The highest BCUT2D eigenvalue weighted by atomic mass is 16.5. The summed E-state index contributed by atoms with van der Waals surface area (Å²) in [5, 5.41) is 0. The van der Waals surface area contributed by atoms with Crippen molar-refractivity contribution < 1.29 is 14.3 Å². The highest BCUT2D eigenvalue weighted by Crippen LogP contribution is 2.10. The van der Waals surface area contributed by atoms with Crippen LogP contribution in [0.5, 0.6) is 5.75 Å². The van der Waals surface area contributed by atoms with Gasteiger partial charge in [0.2, 0.25) is 0 Å². The smallest absolute Gasteiger partial charge is 0.358 e. The first-order valence-corrected chi connectivity index (χ1v) is 5.71. The number of aliphatic imine (C=N–C) groups is 1. The minimum Gasteiger partial charge on any atom is -0.497 e. The molecule has 19 heavy (non-hydrogen) atoms. The van der Waals surface area contributed by atoms with Crippen molar-refractivity contribution in [3.05, 3.63) is 41.7 Å². The normalized spacial score (nSPS) is 11.5. The molecule has 0 saturated heterocycles. The summed E-state index contributed by atoms with van der Waals surface area (Å²) in [6.45, 7) is 0. The summed E-state index contributed by atoms with van der Waals surface area (Å²) in [6.07, 6.45) is 3.21. The predicted molar refractivity (Wildman–Crippen MR) is 74.4 cm³/mol. The van der Waals surface area contributed by atoms with E-state index in [2.05, 4.69) is 9.73 Å². The third-order valence-corrected chi connectivity index (χ3v) is 2.24. The fourth-order valence-electron chi connectivity index (χ4n) is 1.32. The van der Waals surface area contributed by atoms with Crippen LogP contribution in [0.4, 0.5) is 0 Å². The molecule has 5 nitrogen and oxygen atoms in total. The topological polar surface area (TPSA) is 51.1 Å². The second kappa shape index (κ2) is 7.20. The monoisotopic (exact) mass is 262 g/mol. The fraction of sp³-hybridized carbons (Fsp3) is 0.286. The minimum atomic E-state index is -0.474. The summed E-state index contributed by atoms with van der Waals surface area (Å²) >= 11 is 0. The standard InChI is InChI=1S/C14H18N2O3/c1-16(2)10-13(14(17)19-4)15-9-11-5-7-12(18-3)8-6-11/h5-10H,1-4H3/b13-10-,15-9?. The molecule has 0 spiro atoms. The lowest BCUT2D eigenvalue weighted by Crippen LogP contribution is -2.09. The van der Waals surface area contributed by atoms with Crippen molar-refractivity contribution in [2.75, 3.05) is 28.3 Å². The largest absolute Gasteiger partial charge is 0.497 e. The van der Waals surface area contributed by atoms with E-state index in [4.69, 9.17) is 4.74 Å². The van der Waals surface area contributed by atoms with E-state index in [0.29, 0.717) is 0 Å². The molecule has 0 aromatic heterocycles. The van der Waals surface area contributed by atoms with Gasteiger partial charge in [-0.15, -0.1) is 0 Å². The molecule has 0 bridgehead atoms. The molecule has 0 aliphatic carbocycles. The second-order valence-electron chi connectivity index (χ2n) is 4.00. The van der Waals surface area contributed by atoms with Crippen LogP contribution < -0.4 is 4.74 Å². The Hall–Kier alpha value is -2.30. The lowest BCUT2D eigenvalue weighted by atomic mass is 10.2. The molecule has 0 amide bonds. The van der Waals surface area contributed by atoms with Gasteiger partial charge in [-0.3, -0.25) is 0 Å². The highest BCUT2D eigenvalue weighted by Gasteiger charge is 2.07. The van der Waals surface area contributed by atoms with E-state index >= 15 is 0 Å². The quantitative estimate of drug-likeness (QED) is 0.460. The van der Waals surface area contributed by atoms with Gasteiger partial charge in [-0.1, -0.05) is 0 Å². The summed E-state index contributed by atoms with van der Waals surface area (Å²) in [5.41, 5.74) is 1.11. The minimum absolute atomic E-state index is 0.239. The van der Waals surface area contributed by atoms with Crippen LogP contribution in [0, 0.1) is 0 Å². The number of carbonyl (C=O) groups excluding carboxylic acids is 1. The average molecular weight is 262 g/mol. The Morgan fingerprint density at radius 3 is 2.32 bits per heavy atom. The maximum atomic E-state index is 11.5. The summed E-state index contributed by atoms with van der Waals surface area (Å²) in [5.74, 6) is 0.299. The zero-order chi connectivity index (χ0) is 14.3. The van der Waals surface area contributed by atoms with Gasteiger partial charge in [0.1, 0.15) is 5.75 Å². The summed E-state index contributed by atoms with van der Waals surface area (Å²) in [6, 6.07) is 7.36. The molecule has 0 radical (unpaired) electrons. The second-order valence-corrected chi connectivity index (χ2v) is 4.00. The van der Waals surface area contributed by atoms with Gasteiger partial charge >= 0.3 is 5.97 Å². The van der Waals surface area contributed by atoms with E-state index in [9.17, 15) is 4.79 Å². The molecular formula is C14H18N2O3. The Kier molecular flexibility index (Phi) is 5.60. The molecule has 0 N–H and O–H groups in total. The average Bonchev–Trinajstić information content (AvgIpc) is 2.42. The van der Waals surface area contributed by atoms with Crippen LogP contribution in [0.2, 0.25) is 0 Å². The zero-order valence-corrected chi connectivity index (χ0v) is 11.6. The number of ether oxygens (including phenoxy) is 2. The maximum Gasteiger partial charge on any atom is 0.358 e. The van der Waals surface area contributed by atoms with E-state index in [1.165, 1.54) is 7.11 Å². The van der Waals surface area contributed by atoms with Crippen molar-refractivity contribution in [3.8, 4) is 5.75 Å². The molecule has 0 unspecified atom stereocenters. The van der Waals surface area contributed by atoms with Crippen molar-refractivity contribution in [2.24, 2.45) is 4.99 Å². The Morgan fingerprint density at radius 1 is 1.21 bits per heavy atom. The van der Waals surface area contributed by atoms with Crippen LogP contribution in [0.15, 0.2) is 41.2 Å². The summed E-state index contributed by atoms with van der Waals surface area (Å²) in [7, 11) is 6.56. The first-order valence-electron chi connectivity index (χ1n) is 5.71. The van der Waals surface area contributed by atoms with E-state index in [1.807, 2.05) is 38.4 Å². The number of methoxy groups -OCH3 is 2. The number of benzene rings is 1. The van der Waals surface area contributed by atoms with Crippen LogP contribution in [-0.2, 0) is 9.53 Å². The number of rotatable bonds is 5. The number of hydrogen-bond acceptors (Lipinski definition) is 5. The van der Waals surface area contributed by atoms with Crippen molar-refractivity contribution in [1.29, 1.82) is 0 Å². The van der Waals surface area contributed by atoms with Gasteiger partial charge in [-0.25, -0.2) is 9.79 Å². The fourth-order valence-corrected chi connectivity index (χ4v) is 1.32. The van der Waals surface area contributed by atoms with Gasteiger partial charge in [0.15, 0.2) is 5.70 Å². The van der Waals surface area contributed by atoms with Crippen molar-refractivity contribution in [2.45, 2.75) is 0 Å². The molecule has 1 aromatic rings. The van der Waals surface area contributed by atoms with E-state index in [0.717, 1.165) is 11.3 Å². The maximum absolute atomic E-state index is 11.5. The molecule has 1 aromatic carbocycles. The van der Waals surface area contributed by atoms with Gasteiger partial charge in [0, 0.05) is 26.5 Å². The summed E-state index contributed by atoms with van der Waals surface area (Å²) in [4.78, 5) is 17.4. The molecule has 0 fully saturated rings. The molecule has 0 aliphatic rings. The van der Waals surface area contributed by atoms with Crippen LogP contribution in [0.25, 0.3) is 0 Å². The number of esters is 1. The van der Waals surface area contributed by atoms with Crippen molar-refractivity contribution in [3.63, 3.8) is 0 Å². The van der Waals surface area contributed by atoms with E-state index in [-0.39, 0.29) is 5.70 Å². The SMILES string of the molecule is COC(=O)/C(=C/N(C)C)N=Cc1ccc(OC)cc1. The molecule has 1 rings (SSSR count). The molecule has 0 atom stereocenters. The van der Waals surface area contributed by atoms with Crippen LogP contribution >= 0.6 is 0 Å². The Bertz CT molecular complexity index is 476. The van der Waals surface area contributed by atoms with Crippen LogP contribution in [-0.4, -0.2) is 45.4 Å². The van der Waals surface area contributed by atoms with Gasteiger partial charge in [0.25, 0.3) is 0 Å². The van der Waals surface area contributed by atoms with Gasteiger partial charge in [-0.2, -0.15) is 0 Å². The highest BCUT2D eigenvalue weighted by molar-refractivity contribution is 5.92. The summed E-state index contributed by atoms with van der Waals surface area (Å²) < 4.78 is 9.74. The lowest BCUT2D eigenvalue weighted by Gasteiger charge is -2.06. The molecular weight excluding hydrogens is 244 g/mol. The first-order chi connectivity index (χ1) is 9.06. The zero-order valence-electron chi connectivity index (χ0n) is 11.6. The Balaban J connectivity index is 2.88.